The van der Waals surface area contributed by atoms with Crippen molar-refractivity contribution < 1.29 is 8.42 Å². The van der Waals surface area contributed by atoms with E-state index < -0.39 is 10.0 Å². The Bertz CT molecular complexity index is 799. The number of piperidine rings is 1. The summed E-state index contributed by atoms with van der Waals surface area (Å²) in [6.45, 7) is 5.03. The van der Waals surface area contributed by atoms with Gasteiger partial charge in [0.15, 0.2) is 5.03 Å². The Morgan fingerprint density at radius 1 is 1.22 bits per heavy atom. The van der Waals surface area contributed by atoms with E-state index in [-0.39, 0.29) is 10.4 Å². The third kappa shape index (κ3) is 2.93. The highest BCUT2D eigenvalue weighted by atomic mass is 32.2. The number of benzene rings is 1. The highest BCUT2D eigenvalue weighted by Crippen LogP contribution is 2.35. The molecule has 124 valence electrons. The second kappa shape index (κ2) is 5.76. The Morgan fingerprint density at radius 3 is 2.52 bits per heavy atom. The van der Waals surface area contributed by atoms with Gasteiger partial charge >= 0.3 is 0 Å². The first-order valence-corrected chi connectivity index (χ1v) is 9.33. The lowest BCUT2D eigenvalue weighted by atomic mass is 9.77. The van der Waals surface area contributed by atoms with Crippen LogP contribution in [0, 0.1) is 6.92 Å². The molecule has 0 unspecified atom stereocenters. The molecule has 1 aromatic heterocycles. The molecule has 2 aromatic rings. The van der Waals surface area contributed by atoms with Crippen molar-refractivity contribution in [3.63, 3.8) is 0 Å². The Labute approximate surface area is 138 Å². The van der Waals surface area contributed by atoms with Crippen molar-refractivity contribution in [3.8, 4) is 0 Å². The fourth-order valence-electron chi connectivity index (χ4n) is 3.43. The molecule has 1 saturated heterocycles. The van der Waals surface area contributed by atoms with Gasteiger partial charge in [-0.25, -0.2) is 8.42 Å². The van der Waals surface area contributed by atoms with Crippen molar-refractivity contribution in [3.05, 3.63) is 47.7 Å². The molecular formula is C17H23N3O2S. The highest BCUT2D eigenvalue weighted by Gasteiger charge is 2.39. The molecule has 0 aliphatic carbocycles. The highest BCUT2D eigenvalue weighted by molar-refractivity contribution is 7.89. The molecule has 6 heteroatoms. The zero-order valence-corrected chi connectivity index (χ0v) is 14.7. The van der Waals surface area contributed by atoms with E-state index in [4.69, 9.17) is 0 Å². The quantitative estimate of drug-likeness (QED) is 0.867. The number of aryl methyl sites for hydroxylation is 2. The monoisotopic (exact) mass is 333 g/mol. The van der Waals surface area contributed by atoms with Crippen LogP contribution >= 0.6 is 0 Å². The van der Waals surface area contributed by atoms with Gasteiger partial charge < -0.3 is 0 Å². The Balaban J connectivity index is 1.93. The third-order valence-electron chi connectivity index (χ3n) is 4.70. The Hall–Kier alpha value is -1.66. The number of sulfonamides is 1. The lowest BCUT2D eigenvalue weighted by Crippen LogP contribution is -2.47. The van der Waals surface area contributed by atoms with E-state index in [1.165, 1.54) is 10.2 Å². The van der Waals surface area contributed by atoms with Gasteiger partial charge in [-0.05, 0) is 31.4 Å². The van der Waals surface area contributed by atoms with Gasteiger partial charge in [0.1, 0.15) is 0 Å². The number of hydrogen-bond donors (Lipinski definition) is 0. The molecule has 0 N–H and O–H groups in total. The van der Waals surface area contributed by atoms with Crippen LogP contribution in [0.15, 0.2) is 41.4 Å². The predicted octanol–water partition coefficient (Wildman–Crippen LogP) is 2.47. The first-order valence-electron chi connectivity index (χ1n) is 7.89. The minimum atomic E-state index is -3.52. The minimum absolute atomic E-state index is 0.153. The van der Waals surface area contributed by atoms with Crippen LogP contribution in [0.25, 0.3) is 0 Å². The zero-order valence-electron chi connectivity index (χ0n) is 13.9. The summed E-state index contributed by atoms with van der Waals surface area (Å²) in [5, 5.41) is 4.45. The van der Waals surface area contributed by atoms with Crippen LogP contribution in [-0.2, 0) is 22.5 Å². The van der Waals surface area contributed by atoms with Crippen LogP contribution in [0.4, 0.5) is 0 Å². The van der Waals surface area contributed by atoms with Crippen molar-refractivity contribution in [2.75, 3.05) is 13.1 Å². The molecular weight excluding hydrogens is 310 g/mol. The summed E-state index contributed by atoms with van der Waals surface area (Å²) < 4.78 is 29.1. The smallest absolute Gasteiger partial charge is 0.256 e. The molecule has 1 aromatic carbocycles. The molecule has 5 nitrogen and oxygen atoms in total. The van der Waals surface area contributed by atoms with Crippen LogP contribution in [0.5, 0.6) is 0 Å². The van der Waals surface area contributed by atoms with E-state index in [1.807, 2.05) is 25.1 Å². The zero-order chi connectivity index (χ0) is 16.7. The van der Waals surface area contributed by atoms with Crippen LogP contribution in [0.2, 0.25) is 0 Å². The van der Waals surface area contributed by atoms with Gasteiger partial charge in [0.05, 0.1) is 5.69 Å². The van der Waals surface area contributed by atoms with Crippen molar-refractivity contribution >= 4 is 10.0 Å². The largest absolute Gasteiger partial charge is 0.260 e. The number of rotatable bonds is 3. The first-order chi connectivity index (χ1) is 10.8. The van der Waals surface area contributed by atoms with Crippen molar-refractivity contribution in [2.24, 2.45) is 7.05 Å². The summed E-state index contributed by atoms with van der Waals surface area (Å²) in [5.74, 6) is 0. The summed E-state index contributed by atoms with van der Waals surface area (Å²) in [7, 11) is -1.84. The summed E-state index contributed by atoms with van der Waals surface area (Å²) in [4.78, 5) is 0. The fraction of sp³-hybridized carbons (Fsp3) is 0.471. The second-order valence-corrected chi connectivity index (χ2v) is 8.50. The molecule has 1 fully saturated rings. The summed E-state index contributed by atoms with van der Waals surface area (Å²) in [5.41, 5.74) is 1.76. The summed E-state index contributed by atoms with van der Waals surface area (Å²) >= 11 is 0. The number of aromatic nitrogens is 2. The molecule has 1 atom stereocenters. The van der Waals surface area contributed by atoms with E-state index in [1.54, 1.807) is 17.4 Å². The lowest BCUT2D eigenvalue weighted by Gasteiger charge is -2.40. The molecule has 0 bridgehead atoms. The minimum Gasteiger partial charge on any atom is -0.256 e. The average Bonchev–Trinajstić information content (AvgIpc) is 2.88. The van der Waals surface area contributed by atoms with Crippen LogP contribution in [0.3, 0.4) is 0 Å². The SMILES string of the molecule is Cc1cc(S(=O)(=O)N2CCC[C@@](C)(c3ccccc3)C2)n(C)n1. The fourth-order valence-corrected chi connectivity index (χ4v) is 5.22. The maximum absolute atomic E-state index is 13.0. The van der Waals surface area contributed by atoms with Gasteiger partial charge in [-0.3, -0.25) is 4.68 Å². The van der Waals surface area contributed by atoms with Crippen molar-refractivity contribution in [1.82, 2.24) is 14.1 Å². The molecule has 3 rings (SSSR count). The molecule has 0 spiro atoms. The van der Waals surface area contributed by atoms with E-state index in [0.717, 1.165) is 12.8 Å². The molecule has 0 amide bonds. The number of nitrogens with zero attached hydrogens (tertiary/aromatic N) is 3. The molecule has 23 heavy (non-hydrogen) atoms. The van der Waals surface area contributed by atoms with Gasteiger partial charge in [-0.1, -0.05) is 37.3 Å². The van der Waals surface area contributed by atoms with Crippen molar-refractivity contribution in [1.29, 1.82) is 0 Å². The average molecular weight is 333 g/mol. The van der Waals surface area contributed by atoms with Gasteiger partial charge in [0.25, 0.3) is 10.0 Å². The number of hydrogen-bond acceptors (Lipinski definition) is 3. The van der Waals surface area contributed by atoms with E-state index in [9.17, 15) is 8.42 Å². The second-order valence-electron chi connectivity index (χ2n) is 6.62. The normalized spacial score (nSPS) is 23.1. The van der Waals surface area contributed by atoms with E-state index >= 15 is 0 Å². The maximum Gasteiger partial charge on any atom is 0.260 e. The molecule has 0 radical (unpaired) electrons. The van der Waals surface area contributed by atoms with Gasteiger partial charge in [-0.2, -0.15) is 9.40 Å². The predicted molar refractivity (Wildman–Crippen MR) is 89.7 cm³/mol. The van der Waals surface area contributed by atoms with Crippen LogP contribution in [-0.4, -0.2) is 35.6 Å². The maximum atomic E-state index is 13.0. The Morgan fingerprint density at radius 2 is 1.91 bits per heavy atom. The third-order valence-corrected chi connectivity index (χ3v) is 6.60. The molecule has 0 saturated carbocycles. The topological polar surface area (TPSA) is 55.2 Å². The van der Waals surface area contributed by atoms with Gasteiger partial charge in [0.2, 0.25) is 0 Å². The molecule has 1 aliphatic heterocycles. The summed E-state index contributed by atoms with van der Waals surface area (Å²) in [6, 6.07) is 11.8. The lowest BCUT2D eigenvalue weighted by molar-refractivity contribution is 0.239. The first kappa shape index (κ1) is 16.2. The van der Waals surface area contributed by atoms with Crippen LogP contribution in [0.1, 0.15) is 31.0 Å². The van der Waals surface area contributed by atoms with Crippen molar-refractivity contribution in [2.45, 2.75) is 37.1 Å². The van der Waals surface area contributed by atoms with Gasteiger partial charge in [-0.15, -0.1) is 0 Å². The standard InChI is InChI=1S/C17H23N3O2S/c1-14-12-16(19(3)18-14)23(21,22)20-11-7-10-17(2,13-20)15-8-5-4-6-9-15/h4-6,8-9,12H,7,10-11,13H2,1-3H3/t17-/m1/s1. The summed E-state index contributed by atoms with van der Waals surface area (Å²) in [6.07, 6.45) is 1.86. The molecule has 2 heterocycles. The van der Waals surface area contributed by atoms with Gasteiger partial charge in [0, 0.05) is 25.6 Å². The van der Waals surface area contributed by atoms with E-state index in [0.29, 0.717) is 18.8 Å². The molecule has 1 aliphatic rings. The van der Waals surface area contributed by atoms with Crippen LogP contribution < -0.4 is 0 Å². The van der Waals surface area contributed by atoms with E-state index in [2.05, 4.69) is 24.2 Å². The Kier molecular flexibility index (Phi) is 4.06.